The lowest BCUT2D eigenvalue weighted by Gasteiger charge is -2.39. The van der Waals surface area contributed by atoms with E-state index in [1.807, 2.05) is 17.5 Å². The number of amides is 2. The van der Waals surface area contributed by atoms with Crippen molar-refractivity contribution in [2.75, 3.05) is 19.7 Å². The number of hydrogen-bond acceptors (Lipinski definition) is 6. The second kappa shape index (κ2) is 8.18. The van der Waals surface area contributed by atoms with E-state index in [1.54, 1.807) is 37.5 Å². The van der Waals surface area contributed by atoms with Crippen molar-refractivity contribution in [1.82, 2.24) is 9.80 Å². The van der Waals surface area contributed by atoms with Gasteiger partial charge in [-0.15, -0.1) is 11.3 Å². The van der Waals surface area contributed by atoms with Gasteiger partial charge in [-0.1, -0.05) is 26.8 Å². The molecule has 0 aromatic carbocycles. The van der Waals surface area contributed by atoms with E-state index in [-0.39, 0.29) is 23.5 Å². The number of likely N-dealkylation sites (tertiary alicyclic amines) is 1. The molecule has 158 valence electrons. The van der Waals surface area contributed by atoms with Gasteiger partial charge in [0, 0.05) is 29.4 Å². The Morgan fingerprint density at radius 3 is 2.45 bits per heavy atom. The molecule has 1 unspecified atom stereocenters. The summed E-state index contributed by atoms with van der Waals surface area (Å²) in [5.41, 5.74) is -0.541. The van der Waals surface area contributed by atoms with Crippen LogP contribution in [-0.2, 0) is 14.3 Å². The molecule has 1 saturated heterocycles. The molecule has 0 saturated carbocycles. The largest absolute Gasteiger partial charge is 0.503 e. The average Bonchev–Trinajstić information content (AvgIpc) is 3.28. The van der Waals surface area contributed by atoms with Crippen molar-refractivity contribution in [3.8, 4) is 0 Å². The van der Waals surface area contributed by atoms with E-state index < -0.39 is 23.1 Å². The molecule has 0 spiro atoms. The third kappa shape index (κ3) is 4.03. The SMILES string of the molecule is CCOC(=O)N1CCC(N2C(=O)C(O)=C(C(=O)C(C)(C)C)C2c2cccs2)CC1. The molecule has 3 heterocycles. The van der Waals surface area contributed by atoms with Crippen LogP contribution in [0.5, 0.6) is 0 Å². The number of hydrogen-bond donors (Lipinski definition) is 1. The first-order valence-electron chi connectivity index (χ1n) is 9.92. The molecular weight excluding hydrogens is 392 g/mol. The van der Waals surface area contributed by atoms with Gasteiger partial charge >= 0.3 is 6.09 Å². The summed E-state index contributed by atoms with van der Waals surface area (Å²) < 4.78 is 5.06. The highest BCUT2D eigenvalue weighted by molar-refractivity contribution is 7.10. The van der Waals surface area contributed by atoms with E-state index in [4.69, 9.17) is 4.74 Å². The van der Waals surface area contributed by atoms with Gasteiger partial charge in [0.2, 0.25) is 0 Å². The van der Waals surface area contributed by atoms with Crippen LogP contribution in [0, 0.1) is 5.41 Å². The molecule has 1 fully saturated rings. The first-order chi connectivity index (χ1) is 13.7. The number of Topliss-reactive ketones (excluding diaryl/α,β-unsaturated/α-hetero) is 1. The molecule has 1 N–H and O–H groups in total. The molecule has 0 radical (unpaired) electrons. The fraction of sp³-hybridized carbons (Fsp3) is 0.571. The predicted octanol–water partition coefficient (Wildman–Crippen LogP) is 3.68. The number of thiophene rings is 1. The zero-order valence-electron chi connectivity index (χ0n) is 17.3. The maximum atomic E-state index is 13.1. The topological polar surface area (TPSA) is 87.2 Å². The molecule has 0 bridgehead atoms. The molecule has 2 amide bonds. The summed E-state index contributed by atoms with van der Waals surface area (Å²) >= 11 is 1.46. The molecule has 1 aromatic heterocycles. The van der Waals surface area contributed by atoms with Crippen molar-refractivity contribution < 1.29 is 24.2 Å². The van der Waals surface area contributed by atoms with E-state index in [2.05, 4.69) is 0 Å². The first-order valence-corrected chi connectivity index (χ1v) is 10.8. The normalized spacial score (nSPS) is 21.1. The van der Waals surface area contributed by atoms with Crippen LogP contribution in [0.25, 0.3) is 0 Å². The third-order valence-electron chi connectivity index (χ3n) is 5.37. The molecule has 7 nitrogen and oxygen atoms in total. The standard InChI is InChI=1S/C21H28N2O5S/c1-5-28-20(27)22-10-8-13(9-11-22)23-16(14-7-6-12-29-14)15(17(24)19(23)26)18(25)21(2,3)4/h6-7,12-13,16,24H,5,8-11H2,1-4H3. The highest BCUT2D eigenvalue weighted by Gasteiger charge is 2.49. The number of nitrogens with zero attached hydrogens (tertiary/aromatic N) is 2. The van der Waals surface area contributed by atoms with Gasteiger partial charge in [0.1, 0.15) is 0 Å². The van der Waals surface area contributed by atoms with E-state index in [9.17, 15) is 19.5 Å². The molecule has 2 aliphatic rings. The Labute approximate surface area is 174 Å². The van der Waals surface area contributed by atoms with Crippen LogP contribution in [0.1, 0.15) is 51.5 Å². The number of piperidine rings is 1. The van der Waals surface area contributed by atoms with Crippen molar-refractivity contribution >= 4 is 29.1 Å². The zero-order valence-corrected chi connectivity index (χ0v) is 18.1. The van der Waals surface area contributed by atoms with Crippen LogP contribution >= 0.6 is 11.3 Å². The summed E-state index contributed by atoms with van der Waals surface area (Å²) in [7, 11) is 0. The Hall–Kier alpha value is -2.35. The third-order valence-corrected chi connectivity index (χ3v) is 6.29. The highest BCUT2D eigenvalue weighted by Crippen LogP contribution is 2.44. The predicted molar refractivity (Wildman–Crippen MR) is 110 cm³/mol. The maximum Gasteiger partial charge on any atom is 0.409 e. The minimum Gasteiger partial charge on any atom is -0.503 e. The van der Waals surface area contributed by atoms with Crippen LogP contribution < -0.4 is 0 Å². The monoisotopic (exact) mass is 420 g/mol. The Balaban J connectivity index is 1.89. The van der Waals surface area contributed by atoms with Gasteiger partial charge in [0.15, 0.2) is 11.5 Å². The fourth-order valence-electron chi connectivity index (χ4n) is 3.90. The summed E-state index contributed by atoms with van der Waals surface area (Å²) in [6, 6.07) is 3.00. The van der Waals surface area contributed by atoms with Crippen LogP contribution in [0.4, 0.5) is 4.79 Å². The first kappa shape index (κ1) is 21.4. The number of rotatable bonds is 4. The highest BCUT2D eigenvalue weighted by atomic mass is 32.1. The van der Waals surface area contributed by atoms with Crippen molar-refractivity contribution in [1.29, 1.82) is 0 Å². The fourth-order valence-corrected chi connectivity index (χ4v) is 4.73. The van der Waals surface area contributed by atoms with Crippen LogP contribution in [0.15, 0.2) is 28.8 Å². The van der Waals surface area contributed by atoms with Crippen molar-refractivity contribution in [2.45, 2.75) is 52.6 Å². The van der Waals surface area contributed by atoms with Gasteiger partial charge in [-0.25, -0.2) is 4.79 Å². The lowest BCUT2D eigenvalue weighted by Crippen LogP contribution is -2.48. The van der Waals surface area contributed by atoms with Crippen LogP contribution in [0.3, 0.4) is 0 Å². The van der Waals surface area contributed by atoms with Crippen molar-refractivity contribution in [3.05, 3.63) is 33.7 Å². The summed E-state index contributed by atoms with van der Waals surface area (Å²) in [4.78, 5) is 42.2. The summed E-state index contributed by atoms with van der Waals surface area (Å²) in [6.07, 6.45) is 0.783. The quantitative estimate of drug-likeness (QED) is 0.803. The maximum absolute atomic E-state index is 13.1. The van der Waals surface area contributed by atoms with Gasteiger partial charge in [-0.05, 0) is 31.2 Å². The van der Waals surface area contributed by atoms with Crippen molar-refractivity contribution in [3.63, 3.8) is 0 Å². The van der Waals surface area contributed by atoms with Gasteiger partial charge in [0.25, 0.3) is 5.91 Å². The number of carbonyl (C=O) groups is 3. The Kier molecular flexibility index (Phi) is 6.03. The summed E-state index contributed by atoms with van der Waals surface area (Å²) in [5, 5.41) is 12.6. The Bertz CT molecular complexity index is 817. The van der Waals surface area contributed by atoms with E-state index in [0.29, 0.717) is 32.5 Å². The van der Waals surface area contributed by atoms with Gasteiger partial charge in [0.05, 0.1) is 18.2 Å². The minimum absolute atomic E-state index is 0.173. The van der Waals surface area contributed by atoms with Gasteiger partial charge < -0.3 is 19.6 Å². The molecule has 3 rings (SSSR count). The second-order valence-electron chi connectivity index (χ2n) is 8.39. The van der Waals surface area contributed by atoms with Crippen LogP contribution in [0.2, 0.25) is 0 Å². The molecule has 29 heavy (non-hydrogen) atoms. The van der Waals surface area contributed by atoms with E-state index in [1.165, 1.54) is 11.3 Å². The molecule has 1 aromatic rings. The van der Waals surface area contributed by atoms with Gasteiger partial charge in [-0.3, -0.25) is 9.59 Å². The number of carbonyl (C=O) groups excluding carboxylic acids is 3. The summed E-state index contributed by atoms with van der Waals surface area (Å²) in [6.45, 7) is 8.37. The van der Waals surface area contributed by atoms with E-state index in [0.717, 1.165) is 4.88 Å². The molecule has 0 aliphatic carbocycles. The molecule has 2 aliphatic heterocycles. The number of ether oxygens (including phenoxy) is 1. The smallest absolute Gasteiger partial charge is 0.409 e. The van der Waals surface area contributed by atoms with Gasteiger partial charge in [-0.2, -0.15) is 0 Å². The number of aliphatic hydroxyl groups is 1. The molecular formula is C21H28N2O5S. The Morgan fingerprint density at radius 1 is 1.28 bits per heavy atom. The lowest BCUT2D eigenvalue weighted by molar-refractivity contribution is -0.132. The molecule has 8 heteroatoms. The lowest BCUT2D eigenvalue weighted by atomic mass is 9.83. The van der Waals surface area contributed by atoms with Crippen LogP contribution in [-0.4, -0.2) is 58.4 Å². The van der Waals surface area contributed by atoms with Crippen molar-refractivity contribution in [2.24, 2.45) is 5.41 Å². The molecule has 1 atom stereocenters. The second-order valence-corrected chi connectivity index (χ2v) is 9.37. The minimum atomic E-state index is -0.720. The Morgan fingerprint density at radius 2 is 1.93 bits per heavy atom. The average molecular weight is 421 g/mol. The van der Waals surface area contributed by atoms with E-state index >= 15 is 0 Å². The number of aliphatic hydroxyl groups excluding tert-OH is 1. The zero-order chi connectivity index (χ0) is 21.3. The number of ketones is 1. The summed E-state index contributed by atoms with van der Waals surface area (Å²) in [5.74, 6) is -1.19.